The van der Waals surface area contributed by atoms with Crippen LogP contribution in [0.3, 0.4) is 0 Å². The number of piperidine rings is 1. The van der Waals surface area contributed by atoms with E-state index in [0.717, 1.165) is 49.8 Å². The SMILES string of the molecule is Cc1nc(N2CCCCC2)nc(C)c1CCCN. The summed E-state index contributed by atoms with van der Waals surface area (Å²) in [5.74, 6) is 0.918. The third-order valence-electron chi connectivity index (χ3n) is 3.68. The van der Waals surface area contributed by atoms with Crippen molar-refractivity contribution in [3.05, 3.63) is 17.0 Å². The lowest BCUT2D eigenvalue weighted by Gasteiger charge is -2.27. The van der Waals surface area contributed by atoms with Crippen molar-refractivity contribution in [2.24, 2.45) is 5.73 Å². The number of hydrogen-bond donors (Lipinski definition) is 1. The minimum Gasteiger partial charge on any atom is -0.341 e. The fourth-order valence-electron chi connectivity index (χ4n) is 2.60. The average Bonchev–Trinajstić information content (AvgIpc) is 2.39. The molecule has 2 N–H and O–H groups in total. The van der Waals surface area contributed by atoms with Crippen LogP contribution in [-0.2, 0) is 6.42 Å². The third kappa shape index (κ3) is 2.99. The van der Waals surface area contributed by atoms with Crippen LogP contribution in [0, 0.1) is 13.8 Å². The second kappa shape index (κ2) is 6.14. The molecule has 4 nitrogen and oxygen atoms in total. The van der Waals surface area contributed by atoms with Crippen molar-refractivity contribution < 1.29 is 0 Å². The van der Waals surface area contributed by atoms with E-state index in [4.69, 9.17) is 5.73 Å². The Morgan fingerprint density at radius 3 is 2.22 bits per heavy atom. The molecule has 1 saturated heterocycles. The van der Waals surface area contributed by atoms with E-state index < -0.39 is 0 Å². The number of aryl methyl sites for hydroxylation is 2. The Morgan fingerprint density at radius 1 is 1.06 bits per heavy atom. The summed E-state index contributed by atoms with van der Waals surface area (Å²) in [6, 6.07) is 0. The van der Waals surface area contributed by atoms with Gasteiger partial charge in [0.05, 0.1) is 0 Å². The Kier molecular flexibility index (Phi) is 4.53. The van der Waals surface area contributed by atoms with Crippen LogP contribution in [-0.4, -0.2) is 29.6 Å². The largest absolute Gasteiger partial charge is 0.341 e. The second-order valence-electron chi connectivity index (χ2n) is 5.11. The van der Waals surface area contributed by atoms with Crippen molar-refractivity contribution in [3.8, 4) is 0 Å². The molecule has 2 rings (SSSR count). The zero-order chi connectivity index (χ0) is 13.0. The predicted molar refractivity (Wildman–Crippen MR) is 74.9 cm³/mol. The van der Waals surface area contributed by atoms with Gasteiger partial charge in [0.25, 0.3) is 0 Å². The molecule has 1 fully saturated rings. The fraction of sp³-hybridized carbons (Fsp3) is 0.714. The second-order valence-corrected chi connectivity index (χ2v) is 5.11. The van der Waals surface area contributed by atoms with E-state index >= 15 is 0 Å². The van der Waals surface area contributed by atoms with Crippen molar-refractivity contribution in [3.63, 3.8) is 0 Å². The van der Waals surface area contributed by atoms with Crippen LogP contribution in [0.15, 0.2) is 0 Å². The molecule has 0 aromatic carbocycles. The van der Waals surface area contributed by atoms with Gasteiger partial charge >= 0.3 is 0 Å². The molecule has 0 atom stereocenters. The topological polar surface area (TPSA) is 55.0 Å². The minimum absolute atomic E-state index is 0.729. The number of hydrogen-bond acceptors (Lipinski definition) is 4. The summed E-state index contributed by atoms with van der Waals surface area (Å²) in [5.41, 5.74) is 9.10. The van der Waals surface area contributed by atoms with Crippen molar-refractivity contribution in [1.82, 2.24) is 9.97 Å². The third-order valence-corrected chi connectivity index (χ3v) is 3.68. The average molecular weight is 248 g/mol. The van der Waals surface area contributed by atoms with Crippen molar-refractivity contribution in [1.29, 1.82) is 0 Å². The summed E-state index contributed by atoms with van der Waals surface area (Å²) in [6.45, 7) is 7.11. The molecular formula is C14H24N4. The van der Waals surface area contributed by atoms with E-state index in [1.807, 2.05) is 0 Å². The van der Waals surface area contributed by atoms with Gasteiger partial charge in [-0.2, -0.15) is 0 Å². The summed E-state index contributed by atoms with van der Waals surface area (Å²) in [7, 11) is 0. The van der Waals surface area contributed by atoms with Crippen LogP contribution >= 0.6 is 0 Å². The maximum absolute atomic E-state index is 5.57. The smallest absolute Gasteiger partial charge is 0.225 e. The fourth-order valence-corrected chi connectivity index (χ4v) is 2.60. The van der Waals surface area contributed by atoms with E-state index in [-0.39, 0.29) is 0 Å². The lowest BCUT2D eigenvalue weighted by molar-refractivity contribution is 0.566. The lowest BCUT2D eigenvalue weighted by atomic mass is 10.1. The van der Waals surface area contributed by atoms with Crippen molar-refractivity contribution >= 4 is 5.95 Å². The van der Waals surface area contributed by atoms with Gasteiger partial charge in [-0.25, -0.2) is 9.97 Å². The number of anilines is 1. The normalized spacial score (nSPS) is 16.1. The molecule has 1 aliphatic heterocycles. The highest BCUT2D eigenvalue weighted by Gasteiger charge is 2.16. The Balaban J connectivity index is 2.18. The number of nitrogens with two attached hydrogens (primary N) is 1. The van der Waals surface area contributed by atoms with Crippen LogP contribution in [0.5, 0.6) is 0 Å². The monoisotopic (exact) mass is 248 g/mol. The van der Waals surface area contributed by atoms with Gasteiger partial charge in [0, 0.05) is 24.5 Å². The summed E-state index contributed by atoms with van der Waals surface area (Å²) in [4.78, 5) is 11.7. The number of aromatic nitrogens is 2. The van der Waals surface area contributed by atoms with Crippen molar-refractivity contribution in [2.75, 3.05) is 24.5 Å². The molecule has 100 valence electrons. The maximum atomic E-state index is 5.57. The van der Waals surface area contributed by atoms with Crippen molar-refractivity contribution in [2.45, 2.75) is 46.0 Å². The molecule has 1 aromatic heterocycles. The molecule has 0 aliphatic carbocycles. The molecule has 0 amide bonds. The Hall–Kier alpha value is -1.16. The van der Waals surface area contributed by atoms with E-state index in [0.29, 0.717) is 0 Å². The standard InChI is InChI=1S/C14H24N4/c1-11-13(7-6-8-15)12(2)17-14(16-11)18-9-4-3-5-10-18/h3-10,15H2,1-2H3. The molecule has 0 bridgehead atoms. The molecule has 0 spiro atoms. The van der Waals surface area contributed by atoms with Gasteiger partial charge in [0.15, 0.2) is 0 Å². The van der Waals surface area contributed by atoms with E-state index in [1.165, 1.54) is 24.8 Å². The van der Waals surface area contributed by atoms with Gasteiger partial charge in [-0.05, 0) is 58.1 Å². The first-order chi connectivity index (χ1) is 8.72. The summed E-state index contributed by atoms with van der Waals surface area (Å²) in [6.07, 6.45) is 5.86. The first-order valence-corrected chi connectivity index (χ1v) is 7.01. The summed E-state index contributed by atoms with van der Waals surface area (Å²) < 4.78 is 0. The minimum atomic E-state index is 0.729. The first-order valence-electron chi connectivity index (χ1n) is 7.01. The van der Waals surface area contributed by atoms with Crippen LogP contribution in [0.2, 0.25) is 0 Å². The molecule has 0 unspecified atom stereocenters. The van der Waals surface area contributed by atoms with Crippen LogP contribution in [0.4, 0.5) is 5.95 Å². The highest BCUT2D eigenvalue weighted by Crippen LogP contribution is 2.20. The van der Waals surface area contributed by atoms with Gasteiger partial charge in [0.2, 0.25) is 5.95 Å². The van der Waals surface area contributed by atoms with Crippen LogP contribution in [0.1, 0.15) is 42.6 Å². The molecule has 4 heteroatoms. The molecule has 0 saturated carbocycles. The number of nitrogens with zero attached hydrogens (tertiary/aromatic N) is 3. The van der Waals surface area contributed by atoms with Gasteiger partial charge in [-0.1, -0.05) is 0 Å². The lowest BCUT2D eigenvalue weighted by Crippen LogP contribution is -2.31. The highest BCUT2D eigenvalue weighted by molar-refractivity contribution is 5.37. The zero-order valence-electron chi connectivity index (χ0n) is 11.6. The van der Waals surface area contributed by atoms with E-state index in [1.54, 1.807) is 0 Å². The van der Waals surface area contributed by atoms with Gasteiger partial charge < -0.3 is 10.6 Å². The Bertz CT molecular complexity index is 374. The maximum Gasteiger partial charge on any atom is 0.225 e. The van der Waals surface area contributed by atoms with Crippen LogP contribution in [0.25, 0.3) is 0 Å². The molecule has 1 aromatic rings. The zero-order valence-corrected chi connectivity index (χ0v) is 11.6. The van der Waals surface area contributed by atoms with Gasteiger partial charge in [-0.3, -0.25) is 0 Å². The Morgan fingerprint density at radius 2 is 1.67 bits per heavy atom. The summed E-state index contributed by atoms with van der Waals surface area (Å²) in [5, 5.41) is 0. The quantitative estimate of drug-likeness (QED) is 0.885. The Labute approximate surface area is 110 Å². The first kappa shape index (κ1) is 13.3. The van der Waals surface area contributed by atoms with Gasteiger partial charge in [-0.15, -0.1) is 0 Å². The molecular weight excluding hydrogens is 224 g/mol. The van der Waals surface area contributed by atoms with Crippen LogP contribution < -0.4 is 10.6 Å². The molecule has 1 aliphatic rings. The van der Waals surface area contributed by atoms with E-state index in [2.05, 4.69) is 28.7 Å². The number of rotatable bonds is 4. The molecule has 2 heterocycles. The molecule has 18 heavy (non-hydrogen) atoms. The summed E-state index contributed by atoms with van der Waals surface area (Å²) >= 11 is 0. The predicted octanol–water partition coefficient (Wildman–Crippen LogP) is 1.98. The van der Waals surface area contributed by atoms with Gasteiger partial charge in [0.1, 0.15) is 0 Å². The molecule has 0 radical (unpaired) electrons. The van der Waals surface area contributed by atoms with E-state index in [9.17, 15) is 0 Å². The highest BCUT2D eigenvalue weighted by atomic mass is 15.3.